The molecule has 0 bridgehead atoms. The molecule has 0 aromatic carbocycles. The fourth-order valence-electron chi connectivity index (χ4n) is 2.52. The van der Waals surface area contributed by atoms with Crippen molar-refractivity contribution in [3.8, 4) is 0 Å². The van der Waals surface area contributed by atoms with E-state index in [9.17, 15) is 9.59 Å². The van der Waals surface area contributed by atoms with E-state index in [0.29, 0.717) is 12.6 Å². The fraction of sp³-hybridized carbons (Fsp3) is 0.846. The minimum Gasteiger partial charge on any atom is -0.314 e. The summed E-state index contributed by atoms with van der Waals surface area (Å²) >= 11 is 0. The second kappa shape index (κ2) is 5.17. The number of nitrogens with zero attached hydrogens (tertiary/aromatic N) is 1. The molecule has 3 atom stereocenters. The van der Waals surface area contributed by atoms with Crippen molar-refractivity contribution in [3.63, 3.8) is 0 Å². The Morgan fingerprint density at radius 1 is 1.35 bits per heavy atom. The highest BCUT2D eigenvalue weighted by atomic mass is 16.2. The molecule has 1 aliphatic heterocycles. The molecule has 96 valence electrons. The van der Waals surface area contributed by atoms with E-state index in [-0.39, 0.29) is 23.7 Å². The summed E-state index contributed by atoms with van der Waals surface area (Å²) in [7, 11) is 0. The van der Waals surface area contributed by atoms with Crippen LogP contribution in [-0.4, -0.2) is 35.8 Å². The number of fused-ring (bicyclic) bond motifs is 1. The molecule has 1 saturated carbocycles. The van der Waals surface area contributed by atoms with E-state index >= 15 is 0 Å². The van der Waals surface area contributed by atoms with Gasteiger partial charge in [0.2, 0.25) is 11.8 Å². The third-order valence-corrected chi connectivity index (χ3v) is 3.72. The van der Waals surface area contributed by atoms with Crippen LogP contribution in [0, 0.1) is 11.8 Å². The zero-order valence-corrected chi connectivity index (χ0v) is 10.7. The maximum atomic E-state index is 11.7. The Kier molecular flexibility index (Phi) is 3.82. The molecule has 0 radical (unpaired) electrons. The number of carbonyl (C=O) groups is 2. The Bertz CT molecular complexity index is 297. The zero-order chi connectivity index (χ0) is 12.4. The Morgan fingerprint density at radius 3 is 2.59 bits per heavy atom. The lowest BCUT2D eigenvalue weighted by Crippen LogP contribution is -2.35. The Balaban J connectivity index is 1.65. The average molecular weight is 238 g/mol. The van der Waals surface area contributed by atoms with Crippen molar-refractivity contribution in [1.29, 1.82) is 0 Å². The summed E-state index contributed by atoms with van der Waals surface area (Å²) in [5.41, 5.74) is 0. The number of nitrogens with one attached hydrogen (secondary N) is 1. The molecule has 4 nitrogen and oxygen atoms in total. The van der Waals surface area contributed by atoms with Gasteiger partial charge in [-0.3, -0.25) is 14.5 Å². The topological polar surface area (TPSA) is 49.4 Å². The van der Waals surface area contributed by atoms with Crippen LogP contribution < -0.4 is 5.32 Å². The van der Waals surface area contributed by atoms with E-state index in [1.807, 2.05) is 0 Å². The van der Waals surface area contributed by atoms with Crippen LogP contribution >= 0.6 is 0 Å². The average Bonchev–Trinajstić information content (AvgIpc) is 3.06. The van der Waals surface area contributed by atoms with Gasteiger partial charge in [0, 0.05) is 12.6 Å². The maximum Gasteiger partial charge on any atom is 0.233 e. The van der Waals surface area contributed by atoms with Crippen LogP contribution in [0.25, 0.3) is 0 Å². The summed E-state index contributed by atoms with van der Waals surface area (Å²) in [6.07, 6.45) is 3.88. The highest BCUT2D eigenvalue weighted by Crippen LogP contribution is 2.46. The van der Waals surface area contributed by atoms with E-state index < -0.39 is 0 Å². The number of hydrogen-bond acceptors (Lipinski definition) is 3. The van der Waals surface area contributed by atoms with E-state index in [0.717, 1.165) is 32.2 Å². The SMILES string of the molecule is CCCNC(C)CCCN1C(=O)C2CC2C1=O. The Morgan fingerprint density at radius 2 is 2.00 bits per heavy atom. The molecule has 2 amide bonds. The third-order valence-electron chi connectivity index (χ3n) is 3.72. The first kappa shape index (κ1) is 12.6. The van der Waals surface area contributed by atoms with Crippen LogP contribution in [0.4, 0.5) is 0 Å². The first-order chi connectivity index (χ1) is 8.15. The molecule has 3 unspecified atom stereocenters. The number of amides is 2. The zero-order valence-electron chi connectivity index (χ0n) is 10.7. The number of hydrogen-bond donors (Lipinski definition) is 1. The lowest BCUT2D eigenvalue weighted by Gasteiger charge is -2.18. The van der Waals surface area contributed by atoms with Gasteiger partial charge in [-0.15, -0.1) is 0 Å². The molecule has 2 aliphatic rings. The van der Waals surface area contributed by atoms with E-state index in [4.69, 9.17) is 0 Å². The maximum absolute atomic E-state index is 11.7. The van der Waals surface area contributed by atoms with Crippen LogP contribution in [-0.2, 0) is 9.59 Å². The Labute approximate surface area is 103 Å². The second-order valence-corrected chi connectivity index (χ2v) is 5.27. The monoisotopic (exact) mass is 238 g/mol. The Hall–Kier alpha value is -0.900. The largest absolute Gasteiger partial charge is 0.314 e. The molecule has 1 heterocycles. The molecule has 1 aliphatic carbocycles. The molecule has 1 saturated heterocycles. The van der Waals surface area contributed by atoms with Gasteiger partial charge in [-0.1, -0.05) is 6.92 Å². The van der Waals surface area contributed by atoms with Gasteiger partial charge in [0.15, 0.2) is 0 Å². The van der Waals surface area contributed by atoms with Gasteiger partial charge in [0.05, 0.1) is 11.8 Å². The minimum atomic E-state index is 0.0538. The second-order valence-electron chi connectivity index (χ2n) is 5.27. The van der Waals surface area contributed by atoms with Gasteiger partial charge in [0.1, 0.15) is 0 Å². The molecule has 4 heteroatoms. The molecule has 17 heavy (non-hydrogen) atoms. The number of likely N-dealkylation sites (tertiary alicyclic amines) is 1. The molecule has 0 aromatic heterocycles. The van der Waals surface area contributed by atoms with Gasteiger partial charge < -0.3 is 5.32 Å². The van der Waals surface area contributed by atoms with Gasteiger partial charge >= 0.3 is 0 Å². The fourth-order valence-corrected chi connectivity index (χ4v) is 2.52. The number of imide groups is 1. The van der Waals surface area contributed by atoms with E-state index in [1.165, 1.54) is 4.90 Å². The van der Waals surface area contributed by atoms with Gasteiger partial charge in [0.25, 0.3) is 0 Å². The van der Waals surface area contributed by atoms with Crippen LogP contribution in [0.2, 0.25) is 0 Å². The molecule has 0 spiro atoms. The van der Waals surface area contributed by atoms with Crippen molar-refractivity contribution in [2.45, 2.75) is 45.6 Å². The first-order valence-electron chi connectivity index (χ1n) is 6.73. The van der Waals surface area contributed by atoms with Crippen molar-refractivity contribution >= 4 is 11.8 Å². The quantitative estimate of drug-likeness (QED) is 0.677. The summed E-state index contributed by atoms with van der Waals surface area (Å²) in [5, 5.41) is 3.41. The number of carbonyl (C=O) groups excluding carboxylic acids is 2. The predicted octanol–water partition coefficient (Wildman–Crippen LogP) is 1.16. The smallest absolute Gasteiger partial charge is 0.233 e. The van der Waals surface area contributed by atoms with Crippen molar-refractivity contribution in [1.82, 2.24) is 10.2 Å². The van der Waals surface area contributed by atoms with Crippen molar-refractivity contribution < 1.29 is 9.59 Å². The summed E-state index contributed by atoms with van der Waals surface area (Å²) < 4.78 is 0. The van der Waals surface area contributed by atoms with Crippen LogP contribution in [0.1, 0.15) is 39.5 Å². The van der Waals surface area contributed by atoms with Crippen LogP contribution in [0.3, 0.4) is 0 Å². The highest BCUT2D eigenvalue weighted by Gasteiger charge is 2.58. The first-order valence-corrected chi connectivity index (χ1v) is 6.73. The van der Waals surface area contributed by atoms with Crippen LogP contribution in [0.5, 0.6) is 0 Å². The molecule has 2 fully saturated rings. The van der Waals surface area contributed by atoms with Crippen LogP contribution in [0.15, 0.2) is 0 Å². The van der Waals surface area contributed by atoms with Crippen molar-refractivity contribution in [2.75, 3.05) is 13.1 Å². The minimum absolute atomic E-state index is 0.0538. The highest BCUT2D eigenvalue weighted by molar-refractivity contribution is 6.08. The molecular weight excluding hydrogens is 216 g/mol. The van der Waals surface area contributed by atoms with Crippen molar-refractivity contribution in [2.24, 2.45) is 11.8 Å². The van der Waals surface area contributed by atoms with Gasteiger partial charge in [-0.25, -0.2) is 0 Å². The van der Waals surface area contributed by atoms with Crippen molar-refractivity contribution in [3.05, 3.63) is 0 Å². The number of piperidine rings is 1. The predicted molar refractivity (Wildman–Crippen MR) is 65.3 cm³/mol. The normalized spacial score (nSPS) is 28.5. The molecule has 2 rings (SSSR count). The van der Waals surface area contributed by atoms with Gasteiger partial charge in [-0.05, 0) is 39.2 Å². The summed E-state index contributed by atoms with van der Waals surface area (Å²) in [5.74, 6) is 0.264. The van der Waals surface area contributed by atoms with E-state index in [2.05, 4.69) is 19.2 Å². The summed E-state index contributed by atoms with van der Waals surface area (Å²) in [4.78, 5) is 24.9. The lowest BCUT2D eigenvalue weighted by atomic mass is 10.1. The van der Waals surface area contributed by atoms with Gasteiger partial charge in [-0.2, -0.15) is 0 Å². The summed E-state index contributed by atoms with van der Waals surface area (Å²) in [6.45, 7) is 5.95. The standard InChI is InChI=1S/C13H22N2O2/c1-3-6-14-9(2)5-4-7-15-12(16)10-8-11(10)13(15)17/h9-11,14H,3-8H2,1-2H3. The lowest BCUT2D eigenvalue weighted by molar-refractivity contribution is -0.141. The van der Waals surface area contributed by atoms with E-state index in [1.54, 1.807) is 0 Å². The molecular formula is C13H22N2O2. The summed E-state index contributed by atoms with van der Waals surface area (Å²) in [6, 6.07) is 0.470. The number of rotatable bonds is 7. The molecule has 0 aromatic rings. The molecule has 1 N–H and O–H groups in total. The third kappa shape index (κ3) is 2.68.